The predicted molar refractivity (Wildman–Crippen MR) is 89.7 cm³/mol. The van der Waals surface area contributed by atoms with E-state index in [1.165, 1.54) is 12.0 Å². The molecule has 1 aliphatic rings. The van der Waals surface area contributed by atoms with Gasteiger partial charge in [0.15, 0.2) is 11.5 Å². The lowest BCUT2D eigenvalue weighted by atomic mass is 10.2. The molecule has 132 valence electrons. The molecule has 1 aliphatic heterocycles. The van der Waals surface area contributed by atoms with Gasteiger partial charge < -0.3 is 24.5 Å². The molecular weight excluding hydrogens is 326 g/mol. The molecule has 2 N–H and O–H groups in total. The second-order valence-electron chi connectivity index (χ2n) is 5.56. The number of benzene rings is 1. The summed E-state index contributed by atoms with van der Waals surface area (Å²) in [6, 6.07) is 5.27. The Balaban J connectivity index is 1.92. The number of ether oxygens (including phenoxy) is 1. The van der Waals surface area contributed by atoms with E-state index in [1.54, 1.807) is 18.2 Å². The number of aliphatic hydroxyl groups excluding tert-OH is 1. The number of amides is 1. The molecule has 1 aromatic heterocycles. The fourth-order valence-corrected chi connectivity index (χ4v) is 2.69. The second kappa shape index (κ2) is 6.94. The number of hydrogen-bond acceptors (Lipinski definition) is 7. The molecule has 1 aromatic carbocycles. The van der Waals surface area contributed by atoms with Crippen molar-refractivity contribution in [2.45, 2.75) is 13.3 Å². The molecule has 1 amide bonds. The normalized spacial score (nSPS) is 14.5. The Labute approximate surface area is 144 Å². The van der Waals surface area contributed by atoms with Crippen LogP contribution in [0.25, 0.3) is 11.1 Å². The highest BCUT2D eigenvalue weighted by atomic mass is 16.5. The minimum absolute atomic E-state index is 0.0962. The van der Waals surface area contributed by atoms with Crippen LogP contribution in [0.3, 0.4) is 0 Å². The number of oxazole rings is 1. The summed E-state index contributed by atoms with van der Waals surface area (Å²) < 4.78 is 10.4. The van der Waals surface area contributed by atoms with Gasteiger partial charge in [0, 0.05) is 24.7 Å². The number of nitrogens with one attached hydrogen (secondary N) is 1. The van der Waals surface area contributed by atoms with E-state index in [4.69, 9.17) is 14.3 Å². The van der Waals surface area contributed by atoms with Gasteiger partial charge in [0.1, 0.15) is 11.2 Å². The van der Waals surface area contributed by atoms with Crippen LogP contribution in [0.4, 0.5) is 5.69 Å². The van der Waals surface area contributed by atoms with E-state index in [9.17, 15) is 9.59 Å². The van der Waals surface area contributed by atoms with Gasteiger partial charge in [-0.15, -0.1) is 0 Å². The number of hydrogen-bond donors (Lipinski definition) is 2. The van der Waals surface area contributed by atoms with E-state index in [0.29, 0.717) is 23.6 Å². The number of aryl methyl sites for hydroxylation is 1. The van der Waals surface area contributed by atoms with E-state index in [0.717, 1.165) is 5.52 Å². The molecule has 0 saturated carbocycles. The second-order valence-corrected chi connectivity index (χ2v) is 5.56. The SMILES string of the molecule is CCc1nc2ccc(NC3=C(C(=O)OC)CN(CCO)C3=O)cc2o1. The molecule has 0 unspecified atom stereocenters. The summed E-state index contributed by atoms with van der Waals surface area (Å²) in [6.07, 6.45) is 0.684. The largest absolute Gasteiger partial charge is 0.466 e. The van der Waals surface area contributed by atoms with Gasteiger partial charge in [-0.2, -0.15) is 0 Å². The van der Waals surface area contributed by atoms with E-state index in [-0.39, 0.29) is 36.9 Å². The van der Waals surface area contributed by atoms with Crippen molar-refractivity contribution in [3.8, 4) is 0 Å². The van der Waals surface area contributed by atoms with Crippen LogP contribution in [-0.2, 0) is 20.7 Å². The monoisotopic (exact) mass is 345 g/mol. The van der Waals surface area contributed by atoms with Gasteiger partial charge in [-0.1, -0.05) is 6.92 Å². The Hall–Kier alpha value is -2.87. The molecule has 8 heteroatoms. The first kappa shape index (κ1) is 17.0. The van der Waals surface area contributed by atoms with Crippen molar-refractivity contribution < 1.29 is 23.8 Å². The zero-order valence-electron chi connectivity index (χ0n) is 14.0. The molecule has 2 aromatic rings. The van der Waals surface area contributed by atoms with Gasteiger partial charge in [-0.3, -0.25) is 4.79 Å². The minimum Gasteiger partial charge on any atom is -0.466 e. The number of fused-ring (bicyclic) bond motifs is 1. The van der Waals surface area contributed by atoms with Crippen LogP contribution in [0.5, 0.6) is 0 Å². The molecule has 2 heterocycles. The predicted octanol–water partition coefficient (Wildman–Crippen LogP) is 1.06. The Morgan fingerprint density at radius 1 is 1.48 bits per heavy atom. The van der Waals surface area contributed by atoms with Crippen LogP contribution in [0, 0.1) is 0 Å². The van der Waals surface area contributed by atoms with Crippen molar-refractivity contribution in [2.24, 2.45) is 0 Å². The number of anilines is 1. The lowest BCUT2D eigenvalue weighted by Crippen LogP contribution is -2.31. The van der Waals surface area contributed by atoms with Crippen LogP contribution < -0.4 is 5.32 Å². The standard InChI is InChI=1S/C17H19N3O5/c1-3-14-19-12-5-4-10(8-13(12)25-14)18-15-11(17(23)24-2)9-20(6-7-21)16(15)22/h4-5,8,18,21H,3,6-7,9H2,1-2H3. The van der Waals surface area contributed by atoms with Gasteiger partial charge in [0.2, 0.25) is 0 Å². The molecule has 0 bridgehead atoms. The summed E-state index contributed by atoms with van der Waals surface area (Å²) in [7, 11) is 1.26. The smallest absolute Gasteiger partial charge is 0.337 e. The summed E-state index contributed by atoms with van der Waals surface area (Å²) in [6.45, 7) is 2.01. The van der Waals surface area contributed by atoms with Crippen molar-refractivity contribution >= 4 is 28.7 Å². The Morgan fingerprint density at radius 3 is 2.96 bits per heavy atom. The Morgan fingerprint density at radius 2 is 2.28 bits per heavy atom. The van der Waals surface area contributed by atoms with Crippen molar-refractivity contribution in [1.82, 2.24) is 9.88 Å². The third-order valence-electron chi connectivity index (χ3n) is 3.96. The number of aliphatic hydroxyl groups is 1. The first-order chi connectivity index (χ1) is 12.1. The number of carbonyl (C=O) groups is 2. The van der Waals surface area contributed by atoms with E-state index in [2.05, 4.69) is 10.3 Å². The zero-order valence-corrected chi connectivity index (χ0v) is 14.0. The zero-order chi connectivity index (χ0) is 18.0. The third-order valence-corrected chi connectivity index (χ3v) is 3.96. The Bertz CT molecular complexity index is 855. The number of nitrogens with zero attached hydrogens (tertiary/aromatic N) is 2. The maximum Gasteiger partial charge on any atom is 0.337 e. The molecule has 0 saturated heterocycles. The quantitative estimate of drug-likeness (QED) is 0.754. The van der Waals surface area contributed by atoms with Crippen LogP contribution in [0.1, 0.15) is 12.8 Å². The van der Waals surface area contributed by atoms with Crippen molar-refractivity contribution in [2.75, 3.05) is 32.1 Å². The number of methoxy groups -OCH3 is 1. The summed E-state index contributed by atoms with van der Waals surface area (Å²) in [4.78, 5) is 30.2. The fraction of sp³-hybridized carbons (Fsp3) is 0.353. The third kappa shape index (κ3) is 3.20. The van der Waals surface area contributed by atoms with Gasteiger partial charge in [-0.25, -0.2) is 9.78 Å². The van der Waals surface area contributed by atoms with Gasteiger partial charge in [0.25, 0.3) is 5.91 Å². The molecule has 3 rings (SSSR count). The van der Waals surface area contributed by atoms with Gasteiger partial charge in [-0.05, 0) is 12.1 Å². The summed E-state index contributed by atoms with van der Waals surface area (Å²) in [5.74, 6) is -0.306. The highest BCUT2D eigenvalue weighted by Gasteiger charge is 2.34. The number of esters is 1. The van der Waals surface area contributed by atoms with Crippen LogP contribution in [-0.4, -0.2) is 53.7 Å². The van der Waals surface area contributed by atoms with E-state index < -0.39 is 5.97 Å². The molecule has 0 spiro atoms. The fourth-order valence-electron chi connectivity index (χ4n) is 2.69. The molecule has 25 heavy (non-hydrogen) atoms. The summed E-state index contributed by atoms with van der Waals surface area (Å²) in [5.41, 5.74) is 2.30. The average Bonchev–Trinajstić information content (AvgIpc) is 3.17. The number of β-amino-alcohol motifs (C(OH)–C–C–N with tert-alkyl or cyclic N) is 1. The van der Waals surface area contributed by atoms with E-state index >= 15 is 0 Å². The van der Waals surface area contributed by atoms with Crippen LogP contribution in [0.2, 0.25) is 0 Å². The lowest BCUT2D eigenvalue weighted by Gasteiger charge is -2.14. The topological polar surface area (TPSA) is 105 Å². The highest BCUT2D eigenvalue weighted by Crippen LogP contribution is 2.25. The molecule has 0 fully saturated rings. The first-order valence-corrected chi connectivity index (χ1v) is 7.95. The molecule has 0 atom stereocenters. The minimum atomic E-state index is -0.578. The van der Waals surface area contributed by atoms with Crippen LogP contribution in [0.15, 0.2) is 33.9 Å². The summed E-state index contributed by atoms with van der Waals surface area (Å²) >= 11 is 0. The molecule has 0 aliphatic carbocycles. The van der Waals surface area contributed by atoms with Gasteiger partial charge >= 0.3 is 5.97 Å². The molecule has 8 nitrogen and oxygen atoms in total. The average molecular weight is 345 g/mol. The van der Waals surface area contributed by atoms with Crippen molar-refractivity contribution in [3.63, 3.8) is 0 Å². The summed E-state index contributed by atoms with van der Waals surface area (Å²) in [5, 5.41) is 12.1. The maximum atomic E-state index is 12.5. The van der Waals surface area contributed by atoms with Crippen LogP contribution >= 0.6 is 0 Å². The number of rotatable bonds is 6. The Kier molecular flexibility index (Phi) is 4.71. The highest BCUT2D eigenvalue weighted by molar-refractivity contribution is 6.08. The number of aromatic nitrogens is 1. The first-order valence-electron chi connectivity index (χ1n) is 7.95. The van der Waals surface area contributed by atoms with E-state index in [1.807, 2.05) is 6.92 Å². The number of carbonyl (C=O) groups excluding carboxylic acids is 2. The molecule has 0 radical (unpaired) electrons. The maximum absolute atomic E-state index is 12.5. The molecular formula is C17H19N3O5. The van der Waals surface area contributed by atoms with Crippen molar-refractivity contribution in [3.05, 3.63) is 35.4 Å². The van der Waals surface area contributed by atoms with Gasteiger partial charge in [0.05, 0.1) is 25.8 Å². The van der Waals surface area contributed by atoms with Crippen molar-refractivity contribution in [1.29, 1.82) is 0 Å². The lowest BCUT2D eigenvalue weighted by molar-refractivity contribution is -0.136.